The van der Waals surface area contributed by atoms with Crippen LogP contribution in [0, 0.1) is 11.3 Å². The Morgan fingerprint density at radius 3 is 2.71 bits per heavy atom. The number of nitrogens with one attached hydrogen (secondary N) is 1. The molecule has 0 aromatic carbocycles. The Balaban J connectivity index is 1.79. The van der Waals surface area contributed by atoms with Crippen molar-refractivity contribution in [1.82, 2.24) is 15.1 Å². The molecule has 0 bridgehead atoms. The normalized spacial score (nSPS) is 24.6. The molecule has 24 heavy (non-hydrogen) atoms. The molecule has 0 spiro atoms. The van der Waals surface area contributed by atoms with Crippen LogP contribution in [0.2, 0.25) is 0 Å². The van der Waals surface area contributed by atoms with E-state index in [4.69, 9.17) is 4.74 Å². The summed E-state index contributed by atoms with van der Waals surface area (Å²) in [6, 6.07) is 2.80. The zero-order valence-corrected chi connectivity index (χ0v) is 15.2. The maximum absolute atomic E-state index is 12.4. The van der Waals surface area contributed by atoms with Gasteiger partial charge >= 0.3 is 0 Å². The fourth-order valence-electron chi connectivity index (χ4n) is 3.86. The minimum Gasteiger partial charge on any atom is -0.380 e. The predicted molar refractivity (Wildman–Crippen MR) is 93.5 cm³/mol. The van der Waals surface area contributed by atoms with Crippen molar-refractivity contribution in [3.63, 3.8) is 0 Å². The molecule has 136 valence electrons. The van der Waals surface area contributed by atoms with E-state index in [2.05, 4.69) is 28.1 Å². The molecule has 6 heteroatoms. The predicted octanol–water partition coefficient (Wildman–Crippen LogP) is 1.37. The van der Waals surface area contributed by atoms with Gasteiger partial charge in [-0.3, -0.25) is 14.6 Å². The van der Waals surface area contributed by atoms with Gasteiger partial charge in [-0.05, 0) is 39.0 Å². The second kappa shape index (κ2) is 9.36. The largest absolute Gasteiger partial charge is 0.380 e. The SMILES string of the molecule is CCOCCN1CCN(CC(=O)NC2(C#N)CCCC2)CC1CC. The molecule has 1 aliphatic carbocycles. The Hall–Kier alpha value is -1.16. The first-order chi connectivity index (χ1) is 11.6. The lowest BCUT2D eigenvalue weighted by Crippen LogP contribution is -2.56. The molecule has 0 aromatic rings. The highest BCUT2D eigenvalue weighted by Crippen LogP contribution is 2.28. The van der Waals surface area contributed by atoms with Crippen LogP contribution in [0.1, 0.15) is 46.0 Å². The molecule has 0 radical (unpaired) electrons. The standard InChI is InChI=1S/C18H32N4O2/c1-3-16-13-21(9-10-22(16)11-12-24-4-2)14-17(23)20-18(15-19)7-5-6-8-18/h16H,3-14H2,1-2H3,(H,20,23). The molecule has 1 heterocycles. The van der Waals surface area contributed by atoms with Gasteiger partial charge in [0.15, 0.2) is 0 Å². The van der Waals surface area contributed by atoms with E-state index < -0.39 is 5.54 Å². The average molecular weight is 336 g/mol. The zero-order chi connectivity index (χ0) is 17.4. The van der Waals surface area contributed by atoms with Gasteiger partial charge in [-0.1, -0.05) is 6.92 Å². The summed E-state index contributed by atoms with van der Waals surface area (Å²) in [6.07, 6.45) is 4.72. The quantitative estimate of drug-likeness (QED) is 0.678. The van der Waals surface area contributed by atoms with Crippen LogP contribution in [-0.2, 0) is 9.53 Å². The lowest BCUT2D eigenvalue weighted by Gasteiger charge is -2.41. The van der Waals surface area contributed by atoms with Crippen LogP contribution in [0.5, 0.6) is 0 Å². The second-order valence-electron chi connectivity index (χ2n) is 6.98. The molecular weight excluding hydrogens is 304 g/mol. The summed E-state index contributed by atoms with van der Waals surface area (Å²) in [7, 11) is 0. The molecule has 2 fully saturated rings. The van der Waals surface area contributed by atoms with Crippen molar-refractivity contribution in [2.24, 2.45) is 0 Å². The summed E-state index contributed by atoms with van der Waals surface area (Å²) in [4.78, 5) is 17.1. The van der Waals surface area contributed by atoms with E-state index in [0.717, 1.165) is 71.5 Å². The molecule has 2 aliphatic rings. The van der Waals surface area contributed by atoms with Gasteiger partial charge in [-0.15, -0.1) is 0 Å². The van der Waals surface area contributed by atoms with Crippen LogP contribution < -0.4 is 5.32 Å². The molecular formula is C18H32N4O2. The van der Waals surface area contributed by atoms with Crippen molar-refractivity contribution in [2.45, 2.75) is 57.5 Å². The summed E-state index contributed by atoms with van der Waals surface area (Å²) in [5.74, 6) is -0.00364. The number of ether oxygens (including phenoxy) is 1. The third-order valence-corrected chi connectivity index (χ3v) is 5.30. The van der Waals surface area contributed by atoms with Gasteiger partial charge in [-0.25, -0.2) is 0 Å². The highest BCUT2D eigenvalue weighted by Gasteiger charge is 2.36. The number of hydrogen-bond acceptors (Lipinski definition) is 5. The monoisotopic (exact) mass is 336 g/mol. The van der Waals surface area contributed by atoms with E-state index in [1.165, 1.54) is 0 Å². The highest BCUT2D eigenvalue weighted by atomic mass is 16.5. The van der Waals surface area contributed by atoms with Crippen LogP contribution in [-0.4, -0.2) is 73.2 Å². The lowest BCUT2D eigenvalue weighted by atomic mass is 10.00. The number of nitrogens with zero attached hydrogens (tertiary/aromatic N) is 3. The molecule has 0 aromatic heterocycles. The fourth-order valence-corrected chi connectivity index (χ4v) is 3.86. The van der Waals surface area contributed by atoms with Crippen LogP contribution in [0.3, 0.4) is 0 Å². The van der Waals surface area contributed by atoms with Crippen molar-refractivity contribution in [3.8, 4) is 6.07 Å². The molecule has 1 unspecified atom stereocenters. The molecule has 1 aliphatic heterocycles. The first kappa shape index (κ1) is 19.2. The molecule has 2 rings (SSSR count). The molecule has 1 N–H and O–H groups in total. The van der Waals surface area contributed by atoms with E-state index in [9.17, 15) is 10.1 Å². The maximum atomic E-state index is 12.4. The summed E-state index contributed by atoms with van der Waals surface area (Å²) in [6.45, 7) is 9.91. The molecule has 1 amide bonds. The summed E-state index contributed by atoms with van der Waals surface area (Å²) < 4.78 is 5.47. The Labute approximate surface area is 146 Å². The van der Waals surface area contributed by atoms with Gasteiger partial charge in [0, 0.05) is 38.8 Å². The van der Waals surface area contributed by atoms with E-state index in [1.807, 2.05) is 6.92 Å². The van der Waals surface area contributed by atoms with Gasteiger partial charge < -0.3 is 10.1 Å². The van der Waals surface area contributed by atoms with Crippen LogP contribution in [0.25, 0.3) is 0 Å². The smallest absolute Gasteiger partial charge is 0.235 e. The van der Waals surface area contributed by atoms with Gasteiger partial charge in [0.2, 0.25) is 5.91 Å². The topological polar surface area (TPSA) is 68.6 Å². The third-order valence-electron chi connectivity index (χ3n) is 5.30. The summed E-state index contributed by atoms with van der Waals surface area (Å²) in [5, 5.41) is 12.4. The first-order valence-corrected chi connectivity index (χ1v) is 9.39. The minimum atomic E-state index is -0.611. The number of nitriles is 1. The van der Waals surface area contributed by atoms with Gasteiger partial charge in [0.05, 0.1) is 19.2 Å². The number of hydrogen-bond donors (Lipinski definition) is 1. The fraction of sp³-hybridized carbons (Fsp3) is 0.889. The lowest BCUT2D eigenvalue weighted by molar-refractivity contribution is -0.124. The van der Waals surface area contributed by atoms with E-state index in [1.54, 1.807) is 0 Å². The molecule has 1 saturated carbocycles. The van der Waals surface area contributed by atoms with Crippen LogP contribution >= 0.6 is 0 Å². The van der Waals surface area contributed by atoms with Gasteiger partial charge in [0.25, 0.3) is 0 Å². The van der Waals surface area contributed by atoms with E-state index >= 15 is 0 Å². The molecule has 1 atom stereocenters. The van der Waals surface area contributed by atoms with Crippen LogP contribution in [0.4, 0.5) is 0 Å². The van der Waals surface area contributed by atoms with E-state index in [0.29, 0.717) is 12.6 Å². The number of amides is 1. The molecule has 1 saturated heterocycles. The number of rotatable bonds is 8. The number of carbonyl (C=O) groups excluding carboxylic acids is 1. The third kappa shape index (κ3) is 5.17. The Morgan fingerprint density at radius 1 is 1.33 bits per heavy atom. The maximum Gasteiger partial charge on any atom is 0.235 e. The minimum absolute atomic E-state index is 0.00364. The average Bonchev–Trinajstić information content (AvgIpc) is 3.05. The Kier molecular flexibility index (Phi) is 7.47. The summed E-state index contributed by atoms with van der Waals surface area (Å²) >= 11 is 0. The van der Waals surface area contributed by atoms with Crippen molar-refractivity contribution >= 4 is 5.91 Å². The van der Waals surface area contributed by atoms with Gasteiger partial charge in [0.1, 0.15) is 5.54 Å². The first-order valence-electron chi connectivity index (χ1n) is 9.39. The van der Waals surface area contributed by atoms with Crippen molar-refractivity contribution < 1.29 is 9.53 Å². The highest BCUT2D eigenvalue weighted by molar-refractivity contribution is 5.79. The van der Waals surface area contributed by atoms with E-state index in [-0.39, 0.29) is 5.91 Å². The van der Waals surface area contributed by atoms with Crippen LogP contribution in [0.15, 0.2) is 0 Å². The zero-order valence-electron chi connectivity index (χ0n) is 15.2. The van der Waals surface area contributed by atoms with Crippen molar-refractivity contribution in [1.29, 1.82) is 5.26 Å². The van der Waals surface area contributed by atoms with Crippen molar-refractivity contribution in [2.75, 3.05) is 45.9 Å². The van der Waals surface area contributed by atoms with Gasteiger partial charge in [-0.2, -0.15) is 5.26 Å². The Morgan fingerprint density at radius 2 is 2.08 bits per heavy atom. The number of piperazine rings is 1. The number of carbonyl (C=O) groups is 1. The Bertz CT molecular complexity index is 443. The second-order valence-corrected chi connectivity index (χ2v) is 6.98. The van der Waals surface area contributed by atoms with Crippen molar-refractivity contribution in [3.05, 3.63) is 0 Å². The summed E-state index contributed by atoms with van der Waals surface area (Å²) in [5.41, 5.74) is -0.611. The molecule has 6 nitrogen and oxygen atoms in total.